The molecule has 18 heavy (non-hydrogen) atoms. The van der Waals surface area contributed by atoms with Gasteiger partial charge in [-0.15, -0.1) is 0 Å². The van der Waals surface area contributed by atoms with Gasteiger partial charge in [0.1, 0.15) is 0 Å². The Hall–Kier alpha value is -2.15. The summed E-state index contributed by atoms with van der Waals surface area (Å²) in [6.07, 6.45) is -0.496. The molecule has 0 aromatic heterocycles. The van der Waals surface area contributed by atoms with Crippen LogP contribution in [0.4, 0.5) is 10.1 Å². The topological polar surface area (TPSA) is 102 Å². The Kier molecular flexibility index (Phi) is 4.61. The molecule has 1 aromatic carbocycles. The number of carboxylic acids is 1. The summed E-state index contributed by atoms with van der Waals surface area (Å²) in [5.41, 5.74) is 5.53. The summed E-state index contributed by atoms with van der Waals surface area (Å²) in [4.78, 5) is 21.8. The Balaban J connectivity index is 2.70. The van der Waals surface area contributed by atoms with Gasteiger partial charge in [0.25, 0.3) is 0 Å². The van der Waals surface area contributed by atoms with E-state index in [-0.39, 0.29) is 11.4 Å². The molecule has 4 N–H and O–H groups in total. The zero-order chi connectivity index (χ0) is 13.7. The number of nitrogens with two attached hydrogens (primary N) is 1. The van der Waals surface area contributed by atoms with Crippen molar-refractivity contribution in [1.82, 2.24) is 0 Å². The monoisotopic (exact) mass is 256 g/mol. The van der Waals surface area contributed by atoms with Crippen LogP contribution in [0.15, 0.2) is 18.2 Å². The van der Waals surface area contributed by atoms with Gasteiger partial charge in [0.2, 0.25) is 5.91 Å². The van der Waals surface area contributed by atoms with E-state index in [2.05, 4.69) is 5.32 Å². The Morgan fingerprint density at radius 1 is 1.56 bits per heavy atom. The van der Waals surface area contributed by atoms with Crippen molar-refractivity contribution in [3.8, 4) is 5.75 Å². The summed E-state index contributed by atoms with van der Waals surface area (Å²) in [6.45, 7) is 0. The number of carboxylic acid groups (broad SMARTS) is 1. The standard InChI is InChI=1S/C11H13FN2O4/c1-18-9-3-2-6(4-7(9)12)14-11(17)8(13)5-10(15)16/h2-4,8H,5,13H2,1H3,(H,14,17)(H,15,16). The number of halogens is 1. The molecule has 1 aromatic rings. The van der Waals surface area contributed by atoms with Gasteiger partial charge in [-0.1, -0.05) is 0 Å². The van der Waals surface area contributed by atoms with Crippen LogP contribution in [0.5, 0.6) is 5.75 Å². The summed E-state index contributed by atoms with van der Waals surface area (Å²) in [5, 5.41) is 10.8. The highest BCUT2D eigenvalue weighted by molar-refractivity contribution is 5.96. The van der Waals surface area contributed by atoms with E-state index >= 15 is 0 Å². The third-order valence-electron chi connectivity index (χ3n) is 2.15. The van der Waals surface area contributed by atoms with E-state index in [0.717, 1.165) is 6.07 Å². The number of nitrogens with one attached hydrogen (secondary N) is 1. The fourth-order valence-corrected chi connectivity index (χ4v) is 1.26. The van der Waals surface area contributed by atoms with E-state index in [1.165, 1.54) is 19.2 Å². The van der Waals surface area contributed by atoms with Crippen LogP contribution in [0, 0.1) is 5.82 Å². The Bertz CT molecular complexity index is 464. The first-order valence-corrected chi connectivity index (χ1v) is 5.06. The van der Waals surface area contributed by atoms with E-state index in [0.29, 0.717) is 0 Å². The average Bonchev–Trinajstić information content (AvgIpc) is 2.28. The number of carbonyl (C=O) groups is 2. The van der Waals surface area contributed by atoms with Crippen molar-refractivity contribution in [3.05, 3.63) is 24.0 Å². The van der Waals surface area contributed by atoms with Gasteiger partial charge in [0.15, 0.2) is 11.6 Å². The van der Waals surface area contributed by atoms with Crippen molar-refractivity contribution in [2.24, 2.45) is 5.73 Å². The van der Waals surface area contributed by atoms with E-state index in [1.807, 2.05) is 0 Å². The van der Waals surface area contributed by atoms with Crippen molar-refractivity contribution in [3.63, 3.8) is 0 Å². The van der Waals surface area contributed by atoms with Crippen LogP contribution < -0.4 is 15.8 Å². The lowest BCUT2D eigenvalue weighted by molar-refractivity contribution is -0.138. The maximum Gasteiger partial charge on any atom is 0.305 e. The maximum absolute atomic E-state index is 13.3. The minimum atomic E-state index is -1.19. The molecule has 0 bridgehead atoms. The highest BCUT2D eigenvalue weighted by Gasteiger charge is 2.17. The summed E-state index contributed by atoms with van der Waals surface area (Å²) < 4.78 is 18.0. The molecule has 1 atom stereocenters. The average molecular weight is 256 g/mol. The first kappa shape index (κ1) is 13.9. The summed E-state index contributed by atoms with van der Waals surface area (Å²) in [6, 6.07) is 2.64. The Morgan fingerprint density at radius 3 is 2.72 bits per heavy atom. The largest absolute Gasteiger partial charge is 0.494 e. The molecule has 7 heteroatoms. The van der Waals surface area contributed by atoms with Crippen molar-refractivity contribution >= 4 is 17.6 Å². The van der Waals surface area contributed by atoms with Gasteiger partial charge in [0.05, 0.1) is 19.6 Å². The summed E-state index contributed by atoms with van der Waals surface area (Å²) >= 11 is 0. The number of hydrogen-bond donors (Lipinski definition) is 3. The molecule has 0 saturated carbocycles. The van der Waals surface area contributed by atoms with Crippen LogP contribution in [0.25, 0.3) is 0 Å². The molecule has 0 fully saturated rings. The fourth-order valence-electron chi connectivity index (χ4n) is 1.26. The Morgan fingerprint density at radius 2 is 2.22 bits per heavy atom. The second-order valence-corrected chi connectivity index (χ2v) is 3.54. The summed E-state index contributed by atoms with van der Waals surface area (Å²) in [7, 11) is 1.32. The molecule has 0 aliphatic heterocycles. The summed E-state index contributed by atoms with van der Waals surface area (Å²) in [5.74, 6) is -2.47. The lowest BCUT2D eigenvalue weighted by Crippen LogP contribution is -2.37. The van der Waals surface area contributed by atoms with Gasteiger partial charge in [-0.3, -0.25) is 9.59 Å². The number of amides is 1. The predicted molar refractivity (Wildman–Crippen MR) is 61.8 cm³/mol. The quantitative estimate of drug-likeness (QED) is 0.715. The van der Waals surface area contributed by atoms with Crippen molar-refractivity contribution in [2.75, 3.05) is 12.4 Å². The minimum absolute atomic E-state index is 0.0443. The molecule has 0 aliphatic rings. The number of anilines is 1. The van der Waals surface area contributed by atoms with E-state index in [1.54, 1.807) is 0 Å². The van der Waals surface area contributed by atoms with Crippen LogP contribution in [0.3, 0.4) is 0 Å². The molecule has 0 radical (unpaired) electrons. The van der Waals surface area contributed by atoms with Crippen molar-refractivity contribution in [2.45, 2.75) is 12.5 Å². The SMILES string of the molecule is COc1ccc(NC(=O)C(N)CC(=O)O)cc1F. The van der Waals surface area contributed by atoms with Gasteiger partial charge >= 0.3 is 5.97 Å². The molecule has 1 rings (SSSR count). The van der Waals surface area contributed by atoms with Crippen molar-refractivity contribution in [1.29, 1.82) is 0 Å². The number of carbonyl (C=O) groups excluding carboxylic acids is 1. The molecule has 0 aliphatic carbocycles. The van der Waals surface area contributed by atoms with Crippen LogP contribution in [0.2, 0.25) is 0 Å². The van der Waals surface area contributed by atoms with Crippen LogP contribution >= 0.6 is 0 Å². The number of benzene rings is 1. The van der Waals surface area contributed by atoms with E-state index in [9.17, 15) is 14.0 Å². The normalized spacial score (nSPS) is 11.7. The first-order chi connectivity index (χ1) is 8.43. The number of hydrogen-bond acceptors (Lipinski definition) is 4. The van der Waals surface area contributed by atoms with Crippen LogP contribution in [-0.4, -0.2) is 30.1 Å². The van der Waals surface area contributed by atoms with Crippen LogP contribution in [-0.2, 0) is 9.59 Å². The molecular weight excluding hydrogens is 243 g/mol. The number of aliphatic carboxylic acids is 1. The van der Waals surface area contributed by atoms with Gasteiger partial charge in [0, 0.05) is 11.8 Å². The molecule has 0 heterocycles. The number of methoxy groups -OCH3 is 1. The highest BCUT2D eigenvalue weighted by Crippen LogP contribution is 2.20. The molecule has 0 saturated heterocycles. The molecule has 1 unspecified atom stereocenters. The van der Waals surface area contributed by atoms with E-state index < -0.39 is 30.2 Å². The van der Waals surface area contributed by atoms with Crippen molar-refractivity contribution < 1.29 is 23.8 Å². The van der Waals surface area contributed by atoms with Crippen LogP contribution in [0.1, 0.15) is 6.42 Å². The van der Waals surface area contributed by atoms with Gasteiger partial charge in [-0.2, -0.15) is 0 Å². The third kappa shape index (κ3) is 3.70. The zero-order valence-corrected chi connectivity index (χ0v) is 9.64. The minimum Gasteiger partial charge on any atom is -0.494 e. The molecule has 1 amide bonds. The molecule has 98 valence electrons. The maximum atomic E-state index is 13.3. The molecular formula is C11H13FN2O4. The zero-order valence-electron chi connectivity index (χ0n) is 9.64. The molecule has 0 spiro atoms. The predicted octanol–water partition coefficient (Wildman–Crippen LogP) is 0.575. The smallest absolute Gasteiger partial charge is 0.305 e. The first-order valence-electron chi connectivity index (χ1n) is 5.06. The van der Waals surface area contributed by atoms with Gasteiger partial charge in [-0.05, 0) is 12.1 Å². The van der Waals surface area contributed by atoms with E-state index in [4.69, 9.17) is 15.6 Å². The lowest BCUT2D eigenvalue weighted by atomic mass is 10.2. The molecule has 6 nitrogen and oxygen atoms in total. The lowest BCUT2D eigenvalue weighted by Gasteiger charge is -2.11. The highest BCUT2D eigenvalue weighted by atomic mass is 19.1. The van der Waals surface area contributed by atoms with Gasteiger partial charge in [-0.25, -0.2) is 4.39 Å². The van der Waals surface area contributed by atoms with Gasteiger partial charge < -0.3 is 20.9 Å². The second kappa shape index (κ2) is 5.97. The Labute approximate surface area is 103 Å². The second-order valence-electron chi connectivity index (χ2n) is 3.54. The third-order valence-corrected chi connectivity index (χ3v) is 2.15. The fraction of sp³-hybridized carbons (Fsp3) is 0.273. The number of ether oxygens (including phenoxy) is 1. The number of rotatable bonds is 5.